The number of thiophene rings is 1. The number of nitrogens with one attached hydrogen (secondary N) is 1. The Balaban J connectivity index is 2.03. The summed E-state index contributed by atoms with van der Waals surface area (Å²) in [7, 11) is 0. The summed E-state index contributed by atoms with van der Waals surface area (Å²) in [6.45, 7) is 5.98. The predicted octanol–water partition coefficient (Wildman–Crippen LogP) is 2.17. The van der Waals surface area contributed by atoms with Crippen molar-refractivity contribution in [3.05, 3.63) is 21.9 Å². The molecule has 0 bridgehead atoms. The van der Waals surface area contributed by atoms with E-state index in [-0.39, 0.29) is 5.41 Å². The van der Waals surface area contributed by atoms with Gasteiger partial charge in [0.15, 0.2) is 0 Å². The number of hydrogen-bond donors (Lipinski definition) is 1. The molecule has 1 saturated heterocycles. The molecular formula is C12H17NOS. The molecule has 1 N–H and O–H groups in total. The van der Waals surface area contributed by atoms with Crippen LogP contribution in [-0.2, 0) is 11.2 Å². The maximum Gasteiger partial charge on any atom is 0.144 e. The third-order valence-electron chi connectivity index (χ3n) is 3.19. The van der Waals surface area contributed by atoms with E-state index in [0.29, 0.717) is 12.2 Å². The van der Waals surface area contributed by atoms with Crippen molar-refractivity contribution in [3.63, 3.8) is 0 Å². The molecule has 1 aliphatic rings. The second kappa shape index (κ2) is 4.06. The standard InChI is InChI=1S/C12H17NOS/c1-9-5-10(7-15-9)6-11(14)12(2)3-4-13-8-12/h5,7,13H,3-4,6,8H2,1-2H3. The molecule has 0 aliphatic carbocycles. The highest BCUT2D eigenvalue weighted by molar-refractivity contribution is 7.10. The minimum Gasteiger partial charge on any atom is -0.316 e. The highest BCUT2D eigenvalue weighted by Gasteiger charge is 2.35. The van der Waals surface area contributed by atoms with Crippen molar-refractivity contribution in [1.82, 2.24) is 5.32 Å². The highest BCUT2D eigenvalue weighted by atomic mass is 32.1. The summed E-state index contributed by atoms with van der Waals surface area (Å²) in [5, 5.41) is 5.36. The van der Waals surface area contributed by atoms with Crippen molar-refractivity contribution in [1.29, 1.82) is 0 Å². The van der Waals surface area contributed by atoms with Gasteiger partial charge in [-0.3, -0.25) is 4.79 Å². The van der Waals surface area contributed by atoms with Crippen LogP contribution >= 0.6 is 11.3 Å². The highest BCUT2D eigenvalue weighted by Crippen LogP contribution is 2.28. The number of carbonyl (C=O) groups is 1. The molecule has 0 radical (unpaired) electrons. The lowest BCUT2D eigenvalue weighted by Crippen LogP contribution is -2.31. The fraction of sp³-hybridized carbons (Fsp3) is 0.583. The van der Waals surface area contributed by atoms with E-state index in [2.05, 4.69) is 30.6 Å². The molecule has 1 aliphatic heterocycles. The Morgan fingerprint density at radius 1 is 1.67 bits per heavy atom. The lowest BCUT2D eigenvalue weighted by molar-refractivity contribution is -0.126. The molecule has 1 atom stereocenters. The first kappa shape index (κ1) is 10.8. The maximum atomic E-state index is 12.1. The van der Waals surface area contributed by atoms with Gasteiger partial charge in [0.2, 0.25) is 0 Å². The largest absolute Gasteiger partial charge is 0.316 e. The first-order chi connectivity index (χ1) is 7.10. The van der Waals surface area contributed by atoms with Crippen LogP contribution < -0.4 is 5.32 Å². The SMILES string of the molecule is Cc1cc(CC(=O)C2(C)CCNC2)cs1. The molecule has 0 aromatic carbocycles. The van der Waals surface area contributed by atoms with Crippen molar-refractivity contribution < 1.29 is 4.79 Å². The molecule has 2 heterocycles. The summed E-state index contributed by atoms with van der Waals surface area (Å²) < 4.78 is 0. The molecule has 1 aromatic rings. The van der Waals surface area contributed by atoms with Crippen molar-refractivity contribution in [2.45, 2.75) is 26.7 Å². The van der Waals surface area contributed by atoms with Crippen molar-refractivity contribution in [2.24, 2.45) is 5.41 Å². The summed E-state index contributed by atoms with van der Waals surface area (Å²) in [5.74, 6) is 0.380. The Morgan fingerprint density at radius 3 is 3.00 bits per heavy atom. The van der Waals surface area contributed by atoms with Gasteiger partial charge in [-0.1, -0.05) is 6.92 Å². The van der Waals surface area contributed by atoms with E-state index in [0.717, 1.165) is 19.5 Å². The topological polar surface area (TPSA) is 29.1 Å². The number of Topliss-reactive ketones (excluding diaryl/α,β-unsaturated/α-hetero) is 1. The van der Waals surface area contributed by atoms with E-state index in [1.807, 2.05) is 0 Å². The van der Waals surface area contributed by atoms with Crippen LogP contribution in [0.4, 0.5) is 0 Å². The van der Waals surface area contributed by atoms with Crippen molar-refractivity contribution in [2.75, 3.05) is 13.1 Å². The van der Waals surface area contributed by atoms with E-state index in [1.54, 1.807) is 11.3 Å². The lowest BCUT2D eigenvalue weighted by Gasteiger charge is -2.20. The van der Waals surface area contributed by atoms with Crippen LogP contribution in [0.1, 0.15) is 23.8 Å². The Kier molecular flexibility index (Phi) is 2.94. The molecule has 1 unspecified atom stereocenters. The predicted molar refractivity (Wildman–Crippen MR) is 63.4 cm³/mol. The van der Waals surface area contributed by atoms with Gasteiger partial charge in [0, 0.05) is 23.3 Å². The van der Waals surface area contributed by atoms with Gasteiger partial charge in [-0.15, -0.1) is 11.3 Å². The zero-order valence-electron chi connectivity index (χ0n) is 9.30. The molecule has 0 saturated carbocycles. The van der Waals surface area contributed by atoms with Crippen LogP contribution in [0.5, 0.6) is 0 Å². The lowest BCUT2D eigenvalue weighted by atomic mass is 9.82. The molecule has 1 aromatic heterocycles. The van der Waals surface area contributed by atoms with Gasteiger partial charge < -0.3 is 5.32 Å². The molecule has 82 valence electrons. The third kappa shape index (κ3) is 2.29. The normalized spacial score (nSPS) is 25.7. The molecular weight excluding hydrogens is 206 g/mol. The van der Waals surface area contributed by atoms with Crippen LogP contribution in [0.3, 0.4) is 0 Å². The minimum atomic E-state index is -0.129. The molecule has 1 fully saturated rings. The second-order valence-corrected chi connectivity index (χ2v) is 5.77. The number of carbonyl (C=O) groups excluding carboxylic acids is 1. The summed E-state index contributed by atoms with van der Waals surface area (Å²) >= 11 is 1.72. The molecule has 0 spiro atoms. The number of ketones is 1. The van der Waals surface area contributed by atoms with Gasteiger partial charge in [0.25, 0.3) is 0 Å². The molecule has 2 rings (SSSR count). The Labute approximate surface area is 94.7 Å². The van der Waals surface area contributed by atoms with Crippen LogP contribution in [0.15, 0.2) is 11.4 Å². The molecule has 0 amide bonds. The first-order valence-corrected chi connectivity index (χ1v) is 6.26. The zero-order valence-corrected chi connectivity index (χ0v) is 10.1. The smallest absolute Gasteiger partial charge is 0.144 e. The first-order valence-electron chi connectivity index (χ1n) is 5.38. The van der Waals surface area contributed by atoms with Gasteiger partial charge in [0.05, 0.1) is 0 Å². The van der Waals surface area contributed by atoms with Gasteiger partial charge >= 0.3 is 0 Å². The van der Waals surface area contributed by atoms with Crippen molar-refractivity contribution in [3.8, 4) is 0 Å². The summed E-state index contributed by atoms with van der Waals surface area (Å²) in [6.07, 6.45) is 1.58. The number of aryl methyl sites for hydroxylation is 1. The Bertz CT molecular complexity index is 363. The van der Waals surface area contributed by atoms with Gasteiger partial charge in [-0.05, 0) is 36.9 Å². The Morgan fingerprint density at radius 2 is 2.47 bits per heavy atom. The number of rotatable bonds is 3. The fourth-order valence-electron chi connectivity index (χ4n) is 2.04. The van der Waals surface area contributed by atoms with E-state index >= 15 is 0 Å². The third-order valence-corrected chi connectivity index (χ3v) is 4.10. The van der Waals surface area contributed by atoms with E-state index in [9.17, 15) is 4.79 Å². The van der Waals surface area contributed by atoms with E-state index in [1.165, 1.54) is 10.4 Å². The fourth-order valence-corrected chi connectivity index (χ4v) is 2.75. The minimum absolute atomic E-state index is 0.129. The Hall–Kier alpha value is -0.670. The van der Waals surface area contributed by atoms with E-state index < -0.39 is 0 Å². The summed E-state index contributed by atoms with van der Waals surface area (Å²) in [4.78, 5) is 13.4. The van der Waals surface area contributed by atoms with Crippen LogP contribution in [0.2, 0.25) is 0 Å². The van der Waals surface area contributed by atoms with Crippen molar-refractivity contribution >= 4 is 17.1 Å². The van der Waals surface area contributed by atoms with Gasteiger partial charge in [0.1, 0.15) is 5.78 Å². The average Bonchev–Trinajstić information content (AvgIpc) is 2.76. The molecule has 3 heteroatoms. The van der Waals surface area contributed by atoms with Gasteiger partial charge in [-0.2, -0.15) is 0 Å². The second-order valence-electron chi connectivity index (χ2n) is 4.65. The average molecular weight is 223 g/mol. The van der Waals surface area contributed by atoms with Crippen LogP contribution in [0, 0.1) is 12.3 Å². The zero-order chi connectivity index (χ0) is 10.9. The molecule has 2 nitrogen and oxygen atoms in total. The van der Waals surface area contributed by atoms with Crippen LogP contribution in [-0.4, -0.2) is 18.9 Å². The summed E-state index contributed by atoms with van der Waals surface area (Å²) in [5.41, 5.74) is 1.05. The summed E-state index contributed by atoms with van der Waals surface area (Å²) in [6, 6.07) is 2.12. The maximum absolute atomic E-state index is 12.1. The van der Waals surface area contributed by atoms with Gasteiger partial charge in [-0.25, -0.2) is 0 Å². The molecule has 15 heavy (non-hydrogen) atoms. The number of hydrogen-bond acceptors (Lipinski definition) is 3. The van der Waals surface area contributed by atoms with E-state index in [4.69, 9.17) is 0 Å². The van der Waals surface area contributed by atoms with Crippen LogP contribution in [0.25, 0.3) is 0 Å². The monoisotopic (exact) mass is 223 g/mol. The quantitative estimate of drug-likeness (QED) is 0.851.